The van der Waals surface area contributed by atoms with Crippen molar-refractivity contribution in [3.63, 3.8) is 0 Å². The van der Waals surface area contributed by atoms with Gasteiger partial charge in [-0.25, -0.2) is 5.48 Å². The fourth-order valence-corrected chi connectivity index (χ4v) is 1.97. The maximum Gasteiger partial charge on any atom is 0.274 e. The number of rotatable bonds is 5. The maximum absolute atomic E-state index is 12.3. The number of hydrogen-bond donors (Lipinski definition) is 2. The molecule has 1 heterocycles. The van der Waals surface area contributed by atoms with E-state index < -0.39 is 5.91 Å². The van der Waals surface area contributed by atoms with Gasteiger partial charge in [0.1, 0.15) is 0 Å². The molecule has 0 aliphatic heterocycles. The van der Waals surface area contributed by atoms with Gasteiger partial charge in [0.05, 0.1) is 6.61 Å². The van der Waals surface area contributed by atoms with Crippen LogP contribution in [0.2, 0.25) is 0 Å². The molecule has 6 nitrogen and oxygen atoms in total. The number of benzene rings is 1. The SMILES string of the molecule is CCOCCn1ccc2ccc(C(=O)NO)cc2c1=O. The number of nitrogens with zero attached hydrogens (tertiary/aromatic N) is 1. The number of hydrogen-bond acceptors (Lipinski definition) is 4. The maximum atomic E-state index is 12.3. The van der Waals surface area contributed by atoms with Crippen LogP contribution >= 0.6 is 0 Å². The fourth-order valence-electron chi connectivity index (χ4n) is 1.97. The van der Waals surface area contributed by atoms with Crippen molar-refractivity contribution < 1.29 is 14.7 Å². The third-order valence-electron chi connectivity index (χ3n) is 3.02. The monoisotopic (exact) mass is 276 g/mol. The molecule has 1 amide bonds. The summed E-state index contributed by atoms with van der Waals surface area (Å²) in [4.78, 5) is 23.7. The summed E-state index contributed by atoms with van der Waals surface area (Å²) in [5.74, 6) is -0.643. The van der Waals surface area contributed by atoms with E-state index in [0.717, 1.165) is 5.39 Å². The van der Waals surface area contributed by atoms with Gasteiger partial charge in [0, 0.05) is 30.3 Å². The summed E-state index contributed by atoms with van der Waals surface area (Å²) in [6, 6.07) is 6.51. The number of carbonyl (C=O) groups excluding carboxylic acids is 1. The number of hydroxylamine groups is 1. The predicted octanol–water partition coefficient (Wildman–Crippen LogP) is 1.16. The summed E-state index contributed by atoms with van der Waals surface area (Å²) in [6.07, 6.45) is 1.70. The molecule has 0 radical (unpaired) electrons. The van der Waals surface area contributed by atoms with Crippen LogP contribution in [-0.2, 0) is 11.3 Å². The van der Waals surface area contributed by atoms with Crippen LogP contribution in [0.4, 0.5) is 0 Å². The highest BCUT2D eigenvalue weighted by molar-refractivity contribution is 5.97. The third-order valence-corrected chi connectivity index (χ3v) is 3.02. The Hall–Kier alpha value is -2.18. The lowest BCUT2D eigenvalue weighted by molar-refractivity contribution is 0.0706. The van der Waals surface area contributed by atoms with Crippen molar-refractivity contribution in [2.75, 3.05) is 13.2 Å². The number of amides is 1. The van der Waals surface area contributed by atoms with E-state index in [1.807, 2.05) is 13.0 Å². The normalized spacial score (nSPS) is 10.7. The van der Waals surface area contributed by atoms with Gasteiger partial charge in [-0.05, 0) is 30.5 Å². The highest BCUT2D eigenvalue weighted by Gasteiger charge is 2.08. The van der Waals surface area contributed by atoms with Gasteiger partial charge in [0.25, 0.3) is 11.5 Å². The van der Waals surface area contributed by atoms with E-state index in [-0.39, 0.29) is 11.1 Å². The molecule has 20 heavy (non-hydrogen) atoms. The average molecular weight is 276 g/mol. The minimum absolute atomic E-state index is 0.185. The van der Waals surface area contributed by atoms with Crippen molar-refractivity contribution in [3.05, 3.63) is 46.4 Å². The molecule has 106 valence electrons. The summed E-state index contributed by atoms with van der Waals surface area (Å²) in [7, 11) is 0. The second-order valence-electron chi connectivity index (χ2n) is 4.25. The zero-order chi connectivity index (χ0) is 14.5. The van der Waals surface area contributed by atoms with Gasteiger partial charge in [-0.15, -0.1) is 0 Å². The van der Waals surface area contributed by atoms with E-state index in [2.05, 4.69) is 0 Å². The van der Waals surface area contributed by atoms with Crippen LogP contribution in [0.1, 0.15) is 17.3 Å². The minimum atomic E-state index is -0.643. The zero-order valence-electron chi connectivity index (χ0n) is 11.1. The fraction of sp³-hybridized carbons (Fsp3) is 0.286. The van der Waals surface area contributed by atoms with Crippen molar-refractivity contribution in [2.24, 2.45) is 0 Å². The Kier molecular flexibility index (Phi) is 4.49. The molecule has 0 aliphatic rings. The summed E-state index contributed by atoms with van der Waals surface area (Å²) in [6.45, 7) is 3.41. The molecule has 0 unspecified atom stereocenters. The lowest BCUT2D eigenvalue weighted by Gasteiger charge is -2.08. The molecule has 0 aliphatic carbocycles. The van der Waals surface area contributed by atoms with Crippen molar-refractivity contribution >= 4 is 16.7 Å². The first kappa shape index (κ1) is 14.2. The molecule has 0 saturated carbocycles. The Balaban J connectivity index is 2.42. The standard InChI is InChI=1S/C14H16N2O4/c1-2-20-8-7-16-6-5-10-3-4-11(13(17)15-19)9-12(10)14(16)18/h3-6,9,19H,2,7-8H2,1H3,(H,15,17). The predicted molar refractivity (Wildman–Crippen MR) is 74.0 cm³/mol. The van der Waals surface area contributed by atoms with Crippen molar-refractivity contribution in [2.45, 2.75) is 13.5 Å². The molecule has 2 aromatic rings. The van der Waals surface area contributed by atoms with Gasteiger partial charge in [-0.3, -0.25) is 14.8 Å². The molecule has 1 aromatic heterocycles. The molecule has 0 saturated heterocycles. The van der Waals surface area contributed by atoms with Gasteiger partial charge < -0.3 is 9.30 Å². The molecular weight excluding hydrogens is 260 g/mol. The molecule has 6 heteroatoms. The number of nitrogens with one attached hydrogen (secondary N) is 1. The average Bonchev–Trinajstić information content (AvgIpc) is 2.48. The van der Waals surface area contributed by atoms with Crippen LogP contribution in [0, 0.1) is 0 Å². The van der Waals surface area contributed by atoms with E-state index >= 15 is 0 Å². The Morgan fingerprint density at radius 2 is 2.20 bits per heavy atom. The molecule has 2 rings (SSSR count). The van der Waals surface area contributed by atoms with Gasteiger partial charge in [-0.2, -0.15) is 0 Å². The molecule has 0 atom stereocenters. The Bertz CT molecular complexity index is 678. The first-order valence-electron chi connectivity index (χ1n) is 6.32. The summed E-state index contributed by atoms with van der Waals surface area (Å²) in [5.41, 5.74) is 1.60. The molecule has 0 fully saturated rings. The van der Waals surface area contributed by atoms with E-state index in [0.29, 0.717) is 25.1 Å². The summed E-state index contributed by atoms with van der Waals surface area (Å²) in [5, 5.41) is 9.81. The summed E-state index contributed by atoms with van der Waals surface area (Å²) >= 11 is 0. The van der Waals surface area contributed by atoms with Crippen LogP contribution < -0.4 is 11.0 Å². The number of ether oxygens (including phenoxy) is 1. The van der Waals surface area contributed by atoms with Crippen LogP contribution in [0.25, 0.3) is 10.8 Å². The first-order chi connectivity index (χ1) is 9.67. The largest absolute Gasteiger partial charge is 0.380 e. The van der Waals surface area contributed by atoms with E-state index in [1.54, 1.807) is 28.4 Å². The number of fused-ring (bicyclic) bond motifs is 1. The lowest BCUT2D eigenvalue weighted by Crippen LogP contribution is -2.23. The topological polar surface area (TPSA) is 80.6 Å². The lowest BCUT2D eigenvalue weighted by atomic mass is 10.1. The highest BCUT2D eigenvalue weighted by atomic mass is 16.5. The van der Waals surface area contributed by atoms with Gasteiger partial charge in [0.2, 0.25) is 0 Å². The van der Waals surface area contributed by atoms with E-state index in [9.17, 15) is 9.59 Å². The van der Waals surface area contributed by atoms with Crippen molar-refractivity contribution in [3.8, 4) is 0 Å². The van der Waals surface area contributed by atoms with Crippen molar-refractivity contribution in [1.29, 1.82) is 0 Å². The Labute approximate surface area is 115 Å². The smallest absolute Gasteiger partial charge is 0.274 e. The minimum Gasteiger partial charge on any atom is -0.380 e. The Morgan fingerprint density at radius 3 is 2.90 bits per heavy atom. The van der Waals surface area contributed by atoms with E-state index in [4.69, 9.17) is 9.94 Å². The van der Waals surface area contributed by atoms with Gasteiger partial charge in [-0.1, -0.05) is 6.07 Å². The molecular formula is C14H16N2O4. The third kappa shape index (κ3) is 2.87. The number of pyridine rings is 1. The summed E-state index contributed by atoms with van der Waals surface area (Å²) < 4.78 is 6.77. The molecule has 0 spiro atoms. The van der Waals surface area contributed by atoms with Crippen LogP contribution in [-0.4, -0.2) is 28.9 Å². The second kappa shape index (κ2) is 6.31. The van der Waals surface area contributed by atoms with Crippen LogP contribution in [0.15, 0.2) is 35.3 Å². The number of aromatic nitrogens is 1. The molecule has 1 aromatic carbocycles. The van der Waals surface area contributed by atoms with Crippen LogP contribution in [0.5, 0.6) is 0 Å². The molecule has 2 N–H and O–H groups in total. The molecule has 0 bridgehead atoms. The second-order valence-corrected chi connectivity index (χ2v) is 4.25. The number of carbonyl (C=O) groups is 1. The quantitative estimate of drug-likeness (QED) is 0.488. The zero-order valence-corrected chi connectivity index (χ0v) is 11.1. The van der Waals surface area contributed by atoms with E-state index in [1.165, 1.54) is 6.07 Å². The first-order valence-corrected chi connectivity index (χ1v) is 6.32. The van der Waals surface area contributed by atoms with Gasteiger partial charge >= 0.3 is 0 Å². The Morgan fingerprint density at radius 1 is 1.40 bits per heavy atom. The van der Waals surface area contributed by atoms with Crippen molar-refractivity contribution in [1.82, 2.24) is 10.0 Å². The van der Waals surface area contributed by atoms with Gasteiger partial charge in [0.15, 0.2) is 0 Å². The highest BCUT2D eigenvalue weighted by Crippen LogP contribution is 2.12. The van der Waals surface area contributed by atoms with Crippen LogP contribution in [0.3, 0.4) is 0 Å².